The molecule has 29 heavy (non-hydrogen) atoms. The molecule has 7 nitrogen and oxygen atoms in total. The molecule has 2 aromatic heterocycles. The summed E-state index contributed by atoms with van der Waals surface area (Å²) in [6, 6.07) is 6.42. The minimum atomic E-state index is 0.0329. The van der Waals surface area contributed by atoms with E-state index in [4.69, 9.17) is 0 Å². The Morgan fingerprint density at radius 2 is 1.86 bits per heavy atom. The summed E-state index contributed by atoms with van der Waals surface area (Å²) in [6.07, 6.45) is 5.99. The molecule has 0 aromatic carbocycles. The molecule has 2 saturated heterocycles. The van der Waals surface area contributed by atoms with E-state index >= 15 is 0 Å². The lowest BCUT2D eigenvalue weighted by Crippen LogP contribution is -2.53. The van der Waals surface area contributed by atoms with Gasteiger partial charge >= 0.3 is 6.03 Å². The van der Waals surface area contributed by atoms with Gasteiger partial charge in [0, 0.05) is 50.0 Å². The molecule has 2 fully saturated rings. The van der Waals surface area contributed by atoms with Crippen molar-refractivity contribution in [2.75, 3.05) is 50.7 Å². The Labute approximate surface area is 176 Å². The van der Waals surface area contributed by atoms with Gasteiger partial charge in [-0.3, -0.25) is 4.90 Å². The number of aromatic nitrogens is 2. The summed E-state index contributed by atoms with van der Waals surface area (Å²) in [5, 5.41) is 5.33. The van der Waals surface area contributed by atoms with Crippen molar-refractivity contribution in [2.45, 2.75) is 25.8 Å². The highest BCUT2D eigenvalue weighted by Crippen LogP contribution is 2.29. The number of likely N-dealkylation sites (tertiary alicyclic amines) is 1. The number of anilines is 1. The SMILES string of the molecule is CC1CCN([C@H](CNC(=O)N2CCN(c3ncccn3)CC2)c2cccs2)CC1. The molecule has 0 unspecified atom stereocenters. The molecular weight excluding hydrogens is 384 g/mol. The second kappa shape index (κ2) is 9.54. The molecule has 0 radical (unpaired) electrons. The Bertz CT molecular complexity index is 755. The minimum Gasteiger partial charge on any atom is -0.337 e. The first-order valence-corrected chi connectivity index (χ1v) is 11.4. The summed E-state index contributed by atoms with van der Waals surface area (Å²) in [5.74, 6) is 1.54. The molecule has 2 aliphatic rings. The minimum absolute atomic E-state index is 0.0329. The van der Waals surface area contributed by atoms with Gasteiger partial charge in [-0.2, -0.15) is 0 Å². The summed E-state index contributed by atoms with van der Waals surface area (Å²) in [4.78, 5) is 29.3. The van der Waals surface area contributed by atoms with Crippen LogP contribution in [-0.2, 0) is 0 Å². The van der Waals surface area contributed by atoms with Crippen LogP contribution in [0.3, 0.4) is 0 Å². The van der Waals surface area contributed by atoms with E-state index in [-0.39, 0.29) is 12.1 Å². The maximum absolute atomic E-state index is 12.8. The highest BCUT2D eigenvalue weighted by molar-refractivity contribution is 7.10. The van der Waals surface area contributed by atoms with Gasteiger partial charge in [-0.1, -0.05) is 13.0 Å². The maximum atomic E-state index is 12.8. The van der Waals surface area contributed by atoms with Crippen molar-refractivity contribution in [3.05, 3.63) is 40.8 Å². The van der Waals surface area contributed by atoms with Crippen LogP contribution in [0.2, 0.25) is 0 Å². The van der Waals surface area contributed by atoms with Gasteiger partial charge in [0.2, 0.25) is 5.95 Å². The number of carbonyl (C=O) groups is 1. The third-order valence-electron chi connectivity index (χ3n) is 5.98. The van der Waals surface area contributed by atoms with Crippen LogP contribution in [-0.4, -0.2) is 71.6 Å². The lowest BCUT2D eigenvalue weighted by Gasteiger charge is -2.37. The highest BCUT2D eigenvalue weighted by atomic mass is 32.1. The van der Waals surface area contributed by atoms with Crippen molar-refractivity contribution in [1.29, 1.82) is 0 Å². The summed E-state index contributed by atoms with van der Waals surface area (Å²) < 4.78 is 0. The first kappa shape index (κ1) is 20.1. The van der Waals surface area contributed by atoms with E-state index in [1.807, 2.05) is 11.0 Å². The Hall–Kier alpha value is -2.19. The lowest BCUT2D eigenvalue weighted by molar-refractivity contribution is 0.134. The fourth-order valence-electron chi connectivity index (χ4n) is 4.09. The van der Waals surface area contributed by atoms with Crippen molar-refractivity contribution in [3.63, 3.8) is 0 Å². The van der Waals surface area contributed by atoms with Crippen LogP contribution < -0.4 is 10.2 Å². The number of thiophene rings is 1. The average molecular weight is 415 g/mol. The average Bonchev–Trinajstić information content (AvgIpc) is 3.30. The summed E-state index contributed by atoms with van der Waals surface area (Å²) in [5.41, 5.74) is 0. The van der Waals surface area contributed by atoms with Gasteiger partial charge in [-0.15, -0.1) is 11.3 Å². The maximum Gasteiger partial charge on any atom is 0.317 e. The van der Waals surface area contributed by atoms with Gasteiger partial charge in [0.25, 0.3) is 0 Å². The molecule has 1 atom stereocenters. The molecule has 8 heteroatoms. The zero-order chi connectivity index (χ0) is 20.1. The number of piperazine rings is 1. The number of carbonyl (C=O) groups excluding carboxylic acids is 1. The molecule has 4 rings (SSSR count). The molecule has 0 saturated carbocycles. The van der Waals surface area contributed by atoms with Crippen LogP contribution in [0.4, 0.5) is 10.7 Å². The molecule has 4 heterocycles. The van der Waals surface area contributed by atoms with E-state index in [1.165, 1.54) is 17.7 Å². The number of amides is 2. The quantitative estimate of drug-likeness (QED) is 0.815. The molecular formula is C21H30N6OS. The van der Waals surface area contributed by atoms with Gasteiger partial charge in [-0.25, -0.2) is 14.8 Å². The fraction of sp³-hybridized carbons (Fsp3) is 0.571. The monoisotopic (exact) mass is 414 g/mol. The van der Waals surface area contributed by atoms with Gasteiger partial charge in [0.05, 0.1) is 6.04 Å². The van der Waals surface area contributed by atoms with E-state index in [1.54, 1.807) is 23.7 Å². The number of hydrogen-bond donors (Lipinski definition) is 1. The van der Waals surface area contributed by atoms with Crippen LogP contribution in [0.1, 0.15) is 30.7 Å². The first-order valence-electron chi connectivity index (χ1n) is 10.5. The van der Waals surface area contributed by atoms with E-state index < -0.39 is 0 Å². The molecule has 156 valence electrons. The van der Waals surface area contributed by atoms with Crippen molar-refractivity contribution in [1.82, 2.24) is 25.1 Å². The second-order valence-corrected chi connectivity index (χ2v) is 8.94. The van der Waals surface area contributed by atoms with Crippen molar-refractivity contribution in [2.24, 2.45) is 5.92 Å². The topological polar surface area (TPSA) is 64.6 Å². The van der Waals surface area contributed by atoms with Gasteiger partial charge in [0.15, 0.2) is 0 Å². The first-order chi connectivity index (χ1) is 14.2. The second-order valence-electron chi connectivity index (χ2n) is 7.96. The van der Waals surface area contributed by atoms with Crippen LogP contribution in [0, 0.1) is 5.92 Å². The summed E-state index contributed by atoms with van der Waals surface area (Å²) in [6.45, 7) is 8.11. The molecule has 0 bridgehead atoms. The number of piperidine rings is 1. The molecule has 0 spiro atoms. The number of urea groups is 1. The normalized spacial score (nSPS) is 19.9. The number of nitrogens with one attached hydrogen (secondary N) is 1. The van der Waals surface area contributed by atoms with Crippen LogP contribution in [0.15, 0.2) is 36.0 Å². The van der Waals surface area contributed by atoms with Crippen molar-refractivity contribution in [3.8, 4) is 0 Å². The zero-order valence-corrected chi connectivity index (χ0v) is 17.9. The highest BCUT2D eigenvalue weighted by Gasteiger charge is 2.27. The van der Waals surface area contributed by atoms with Crippen LogP contribution in [0.5, 0.6) is 0 Å². The third kappa shape index (κ3) is 5.05. The van der Waals surface area contributed by atoms with Gasteiger partial charge in [0.1, 0.15) is 0 Å². The van der Waals surface area contributed by atoms with Crippen LogP contribution >= 0.6 is 11.3 Å². The van der Waals surface area contributed by atoms with Gasteiger partial charge in [-0.05, 0) is 49.4 Å². The van der Waals surface area contributed by atoms with Gasteiger partial charge < -0.3 is 15.1 Å². The Kier molecular flexibility index (Phi) is 6.61. The zero-order valence-electron chi connectivity index (χ0n) is 17.0. The van der Waals surface area contributed by atoms with Crippen LogP contribution in [0.25, 0.3) is 0 Å². The van der Waals surface area contributed by atoms with E-state index in [0.29, 0.717) is 19.6 Å². The van der Waals surface area contributed by atoms with Crippen molar-refractivity contribution >= 4 is 23.3 Å². The van der Waals surface area contributed by atoms with E-state index in [2.05, 4.69) is 49.5 Å². The Morgan fingerprint density at radius 1 is 1.14 bits per heavy atom. The van der Waals surface area contributed by atoms with E-state index in [0.717, 1.165) is 38.0 Å². The summed E-state index contributed by atoms with van der Waals surface area (Å²) in [7, 11) is 0. The number of hydrogen-bond acceptors (Lipinski definition) is 6. The fourth-order valence-corrected chi connectivity index (χ4v) is 4.95. The Balaban J connectivity index is 1.30. The molecule has 2 aliphatic heterocycles. The predicted octanol–water partition coefficient (Wildman–Crippen LogP) is 2.84. The molecule has 1 N–H and O–H groups in total. The van der Waals surface area contributed by atoms with Crippen molar-refractivity contribution < 1.29 is 4.79 Å². The smallest absolute Gasteiger partial charge is 0.317 e. The lowest BCUT2D eigenvalue weighted by atomic mass is 9.97. The predicted molar refractivity (Wildman–Crippen MR) is 116 cm³/mol. The number of nitrogens with zero attached hydrogens (tertiary/aromatic N) is 5. The molecule has 2 amide bonds. The Morgan fingerprint density at radius 3 is 2.52 bits per heavy atom. The number of rotatable bonds is 5. The van der Waals surface area contributed by atoms with E-state index in [9.17, 15) is 4.79 Å². The summed E-state index contributed by atoms with van der Waals surface area (Å²) >= 11 is 1.78. The largest absolute Gasteiger partial charge is 0.337 e. The molecule has 0 aliphatic carbocycles. The third-order valence-corrected chi connectivity index (χ3v) is 6.95. The molecule has 2 aromatic rings. The standard InChI is InChI=1S/C21H30N6OS/c1-17-5-9-25(10-6-17)18(19-4-2-15-29-19)16-24-21(28)27-13-11-26(12-14-27)20-22-7-3-8-23-20/h2-4,7-8,15,17-18H,5-6,9-14,16H2,1H3,(H,24,28)/t18-/m1/s1.